The van der Waals surface area contributed by atoms with Crippen LogP contribution in [0.3, 0.4) is 0 Å². The molecule has 70 valence electrons. The van der Waals surface area contributed by atoms with E-state index >= 15 is 0 Å². The van der Waals surface area contributed by atoms with Crippen LogP contribution in [0, 0.1) is 0 Å². The number of rotatable bonds is 1. The molecular formula is C9H14N4. The molecule has 0 aliphatic carbocycles. The van der Waals surface area contributed by atoms with Crippen molar-refractivity contribution in [3.05, 3.63) is 18.0 Å². The predicted molar refractivity (Wildman–Crippen MR) is 51.0 cm³/mol. The van der Waals surface area contributed by atoms with E-state index in [-0.39, 0.29) is 0 Å². The number of anilines is 1. The van der Waals surface area contributed by atoms with Gasteiger partial charge in [-0.1, -0.05) is 6.42 Å². The molecule has 0 saturated carbocycles. The average molecular weight is 178 g/mol. The Morgan fingerprint density at radius 1 is 1.31 bits per heavy atom. The third-order valence-corrected chi connectivity index (χ3v) is 2.40. The molecule has 2 rings (SSSR count). The Morgan fingerprint density at radius 3 is 2.69 bits per heavy atom. The van der Waals surface area contributed by atoms with Crippen LogP contribution < -0.4 is 11.1 Å². The molecule has 0 bridgehead atoms. The summed E-state index contributed by atoms with van der Waals surface area (Å²) < 4.78 is 0. The van der Waals surface area contributed by atoms with Gasteiger partial charge in [0, 0.05) is 24.0 Å². The van der Waals surface area contributed by atoms with Crippen LogP contribution in [0.4, 0.5) is 5.95 Å². The van der Waals surface area contributed by atoms with Crippen LogP contribution >= 0.6 is 0 Å². The number of piperidine rings is 1. The third kappa shape index (κ3) is 1.95. The first kappa shape index (κ1) is 8.44. The van der Waals surface area contributed by atoms with Crippen molar-refractivity contribution in [3.8, 4) is 0 Å². The standard InChI is InChI=1S/C9H14N4/c10-9-12-5-7(6-13-9)8-3-1-2-4-11-8/h5-6,8,11H,1-4H2,(H2,10,12,13). The highest BCUT2D eigenvalue weighted by Gasteiger charge is 2.14. The number of nitrogens with two attached hydrogens (primary N) is 1. The zero-order chi connectivity index (χ0) is 9.10. The van der Waals surface area contributed by atoms with Crippen molar-refractivity contribution >= 4 is 5.95 Å². The summed E-state index contributed by atoms with van der Waals surface area (Å²) in [4.78, 5) is 7.96. The molecule has 1 fully saturated rings. The van der Waals surface area contributed by atoms with Crippen molar-refractivity contribution < 1.29 is 0 Å². The molecule has 13 heavy (non-hydrogen) atoms. The van der Waals surface area contributed by atoms with Gasteiger partial charge < -0.3 is 11.1 Å². The van der Waals surface area contributed by atoms with Crippen molar-refractivity contribution in [2.45, 2.75) is 25.3 Å². The van der Waals surface area contributed by atoms with Crippen molar-refractivity contribution in [2.24, 2.45) is 0 Å². The summed E-state index contributed by atoms with van der Waals surface area (Å²) in [7, 11) is 0. The molecular weight excluding hydrogens is 164 g/mol. The summed E-state index contributed by atoms with van der Waals surface area (Å²) in [6.45, 7) is 1.09. The number of aromatic nitrogens is 2. The Hall–Kier alpha value is -1.16. The Kier molecular flexibility index (Phi) is 2.40. The molecule has 0 aromatic carbocycles. The second-order valence-electron chi connectivity index (χ2n) is 3.38. The Balaban J connectivity index is 2.10. The Labute approximate surface area is 77.6 Å². The molecule has 4 heteroatoms. The third-order valence-electron chi connectivity index (χ3n) is 2.40. The van der Waals surface area contributed by atoms with Crippen LogP contribution in [0.1, 0.15) is 30.9 Å². The fraction of sp³-hybridized carbons (Fsp3) is 0.556. The molecule has 1 aliphatic heterocycles. The minimum Gasteiger partial charge on any atom is -0.368 e. The van der Waals surface area contributed by atoms with E-state index < -0.39 is 0 Å². The number of nitrogens with zero attached hydrogens (tertiary/aromatic N) is 2. The van der Waals surface area contributed by atoms with E-state index in [0.29, 0.717) is 12.0 Å². The zero-order valence-electron chi connectivity index (χ0n) is 7.53. The fourth-order valence-corrected chi connectivity index (χ4v) is 1.66. The predicted octanol–water partition coefficient (Wildman–Crippen LogP) is 0.873. The van der Waals surface area contributed by atoms with Crippen molar-refractivity contribution in [3.63, 3.8) is 0 Å². The monoisotopic (exact) mass is 178 g/mol. The first-order chi connectivity index (χ1) is 6.36. The topological polar surface area (TPSA) is 63.8 Å². The van der Waals surface area contributed by atoms with E-state index in [0.717, 1.165) is 12.1 Å². The molecule has 0 amide bonds. The van der Waals surface area contributed by atoms with Crippen LogP contribution in [0.25, 0.3) is 0 Å². The van der Waals surface area contributed by atoms with Crippen LogP contribution in [0.5, 0.6) is 0 Å². The van der Waals surface area contributed by atoms with Crippen molar-refractivity contribution in [1.29, 1.82) is 0 Å². The molecule has 0 radical (unpaired) electrons. The summed E-state index contributed by atoms with van der Waals surface area (Å²) in [6.07, 6.45) is 7.35. The molecule has 4 nitrogen and oxygen atoms in total. The first-order valence-corrected chi connectivity index (χ1v) is 4.67. The van der Waals surface area contributed by atoms with Crippen molar-refractivity contribution in [2.75, 3.05) is 12.3 Å². The van der Waals surface area contributed by atoms with Gasteiger partial charge in [0.1, 0.15) is 0 Å². The van der Waals surface area contributed by atoms with Gasteiger partial charge >= 0.3 is 0 Å². The van der Waals surface area contributed by atoms with E-state index in [1.165, 1.54) is 19.3 Å². The molecule has 2 heterocycles. The highest BCUT2D eigenvalue weighted by molar-refractivity contribution is 5.19. The summed E-state index contributed by atoms with van der Waals surface area (Å²) in [5.41, 5.74) is 6.56. The van der Waals surface area contributed by atoms with Gasteiger partial charge in [0.2, 0.25) is 5.95 Å². The molecule has 1 aliphatic rings. The second kappa shape index (κ2) is 3.70. The van der Waals surface area contributed by atoms with Gasteiger partial charge in [0.15, 0.2) is 0 Å². The van der Waals surface area contributed by atoms with E-state index in [1.54, 1.807) is 0 Å². The lowest BCUT2D eigenvalue weighted by Gasteiger charge is -2.22. The average Bonchev–Trinajstić information content (AvgIpc) is 2.20. The smallest absolute Gasteiger partial charge is 0.219 e. The second-order valence-corrected chi connectivity index (χ2v) is 3.38. The van der Waals surface area contributed by atoms with E-state index in [2.05, 4.69) is 15.3 Å². The molecule has 1 unspecified atom stereocenters. The summed E-state index contributed by atoms with van der Waals surface area (Å²) in [6, 6.07) is 0.425. The van der Waals surface area contributed by atoms with Crippen LogP contribution in [0.15, 0.2) is 12.4 Å². The van der Waals surface area contributed by atoms with E-state index in [4.69, 9.17) is 5.73 Å². The lowest BCUT2D eigenvalue weighted by atomic mass is 10.0. The quantitative estimate of drug-likeness (QED) is 0.670. The van der Waals surface area contributed by atoms with E-state index in [9.17, 15) is 0 Å². The van der Waals surface area contributed by atoms with Gasteiger partial charge in [-0.25, -0.2) is 9.97 Å². The summed E-state index contributed by atoms with van der Waals surface area (Å²) in [5, 5.41) is 3.43. The van der Waals surface area contributed by atoms with Gasteiger partial charge in [-0.2, -0.15) is 0 Å². The van der Waals surface area contributed by atoms with Crippen LogP contribution in [-0.4, -0.2) is 16.5 Å². The highest BCUT2D eigenvalue weighted by atomic mass is 15.0. The van der Waals surface area contributed by atoms with Crippen LogP contribution in [-0.2, 0) is 0 Å². The molecule has 1 aromatic rings. The Bertz CT molecular complexity index is 263. The lowest BCUT2D eigenvalue weighted by Crippen LogP contribution is -2.26. The lowest BCUT2D eigenvalue weighted by molar-refractivity contribution is 0.411. The Morgan fingerprint density at radius 2 is 2.08 bits per heavy atom. The number of nitrogen functional groups attached to an aromatic ring is 1. The number of nitrogens with one attached hydrogen (secondary N) is 1. The fourth-order valence-electron chi connectivity index (χ4n) is 1.66. The van der Waals surface area contributed by atoms with E-state index in [1.807, 2.05) is 12.4 Å². The van der Waals surface area contributed by atoms with Gasteiger partial charge in [-0.3, -0.25) is 0 Å². The van der Waals surface area contributed by atoms with Crippen LogP contribution in [0.2, 0.25) is 0 Å². The summed E-state index contributed by atoms with van der Waals surface area (Å²) in [5.74, 6) is 0.347. The van der Waals surface area contributed by atoms with Gasteiger partial charge in [-0.15, -0.1) is 0 Å². The maximum absolute atomic E-state index is 5.41. The maximum Gasteiger partial charge on any atom is 0.219 e. The number of hydrogen-bond acceptors (Lipinski definition) is 4. The summed E-state index contributed by atoms with van der Waals surface area (Å²) >= 11 is 0. The molecule has 0 spiro atoms. The maximum atomic E-state index is 5.41. The zero-order valence-corrected chi connectivity index (χ0v) is 7.53. The van der Waals surface area contributed by atoms with Gasteiger partial charge in [-0.05, 0) is 19.4 Å². The first-order valence-electron chi connectivity index (χ1n) is 4.67. The molecule has 1 aromatic heterocycles. The molecule has 3 N–H and O–H groups in total. The minimum absolute atomic E-state index is 0.347. The van der Waals surface area contributed by atoms with Gasteiger partial charge in [0.05, 0.1) is 0 Å². The minimum atomic E-state index is 0.347. The molecule has 1 atom stereocenters. The highest BCUT2D eigenvalue weighted by Crippen LogP contribution is 2.21. The SMILES string of the molecule is Nc1ncc(C2CCCCN2)cn1. The normalized spacial score (nSPS) is 22.9. The molecule has 1 saturated heterocycles. The number of hydrogen-bond donors (Lipinski definition) is 2. The van der Waals surface area contributed by atoms with Gasteiger partial charge in [0.25, 0.3) is 0 Å². The van der Waals surface area contributed by atoms with Crippen molar-refractivity contribution in [1.82, 2.24) is 15.3 Å². The largest absolute Gasteiger partial charge is 0.368 e.